The summed E-state index contributed by atoms with van der Waals surface area (Å²) < 4.78 is 17.6. The van der Waals surface area contributed by atoms with E-state index in [-0.39, 0.29) is 17.7 Å². The highest BCUT2D eigenvalue weighted by atomic mass is 16.5. The molecule has 0 atom stereocenters. The Bertz CT molecular complexity index is 1440. The van der Waals surface area contributed by atoms with Crippen LogP contribution in [0.4, 0.5) is 0 Å². The average molecular weight is 599 g/mol. The predicted molar refractivity (Wildman–Crippen MR) is 167 cm³/mol. The first-order chi connectivity index (χ1) is 21.5. The lowest BCUT2D eigenvalue weighted by Crippen LogP contribution is -2.48. The topological polar surface area (TPSA) is 84.4 Å². The van der Waals surface area contributed by atoms with Crippen LogP contribution in [0.1, 0.15) is 64.7 Å². The molecule has 0 bridgehead atoms. The van der Waals surface area contributed by atoms with Gasteiger partial charge in [0, 0.05) is 63.9 Å². The second-order valence-electron chi connectivity index (χ2n) is 12.1. The second-order valence-corrected chi connectivity index (χ2v) is 12.1. The van der Waals surface area contributed by atoms with Gasteiger partial charge in [-0.05, 0) is 67.1 Å². The molecule has 0 spiro atoms. The number of piperazine rings is 1. The maximum atomic E-state index is 13.1. The number of hydrogen-bond donors (Lipinski definition) is 0. The van der Waals surface area contributed by atoms with Crippen molar-refractivity contribution in [3.8, 4) is 17.2 Å². The van der Waals surface area contributed by atoms with Gasteiger partial charge in [0.1, 0.15) is 18.1 Å². The van der Waals surface area contributed by atoms with E-state index >= 15 is 0 Å². The number of methoxy groups -OCH3 is 1. The Morgan fingerprint density at radius 3 is 2.32 bits per heavy atom. The molecule has 2 amide bonds. The van der Waals surface area contributed by atoms with Crippen LogP contribution in [-0.2, 0) is 11.4 Å². The Kier molecular flexibility index (Phi) is 9.31. The molecule has 0 N–H and O–H groups in total. The zero-order chi connectivity index (χ0) is 30.5. The van der Waals surface area contributed by atoms with Gasteiger partial charge in [0.2, 0.25) is 5.91 Å². The summed E-state index contributed by atoms with van der Waals surface area (Å²) in [6, 6.07) is 18.2. The molecule has 0 radical (unpaired) electrons. The van der Waals surface area contributed by atoms with Crippen LogP contribution in [-0.4, -0.2) is 91.5 Å². The van der Waals surface area contributed by atoms with Crippen molar-refractivity contribution in [2.45, 2.75) is 44.1 Å². The van der Waals surface area contributed by atoms with Gasteiger partial charge in [0.25, 0.3) is 5.91 Å². The molecular formula is C35H42N4O5. The van der Waals surface area contributed by atoms with Crippen LogP contribution in [0.25, 0.3) is 0 Å². The molecular weight excluding hydrogens is 556 g/mol. The lowest BCUT2D eigenvalue weighted by Gasteiger charge is -2.39. The van der Waals surface area contributed by atoms with Crippen LogP contribution in [0.2, 0.25) is 0 Å². The van der Waals surface area contributed by atoms with E-state index in [0.29, 0.717) is 62.1 Å². The van der Waals surface area contributed by atoms with Crippen LogP contribution in [0.3, 0.4) is 0 Å². The Labute approximate surface area is 259 Å². The maximum absolute atomic E-state index is 13.1. The number of ether oxygens (including phenoxy) is 3. The average Bonchev–Trinajstić information content (AvgIpc) is 3.88. The van der Waals surface area contributed by atoms with E-state index in [9.17, 15) is 9.59 Å². The summed E-state index contributed by atoms with van der Waals surface area (Å²) in [6.07, 6.45) is 5.29. The number of pyridine rings is 1. The number of rotatable bonds is 12. The summed E-state index contributed by atoms with van der Waals surface area (Å²) in [5.74, 6) is 3.02. The summed E-state index contributed by atoms with van der Waals surface area (Å²) in [4.78, 5) is 35.8. The number of likely N-dealkylation sites (tertiary alicyclic amines) is 1. The van der Waals surface area contributed by atoms with E-state index in [2.05, 4.69) is 47.3 Å². The van der Waals surface area contributed by atoms with E-state index in [4.69, 9.17) is 14.2 Å². The highest BCUT2D eigenvalue weighted by Gasteiger charge is 2.33. The van der Waals surface area contributed by atoms with Gasteiger partial charge >= 0.3 is 0 Å². The van der Waals surface area contributed by atoms with Crippen LogP contribution < -0.4 is 14.2 Å². The lowest BCUT2D eigenvalue weighted by molar-refractivity contribution is -0.133. The standard InChI is InChI=1S/C35H42N4O5/c1-37-15-17-38(18-16-37)34(40)4-3-19-43-30-13-14-36-31(21-30)35(41)39-22-29(23-39)28-11-12-32(33(20-28)42-2)44-24-25-5-7-26(8-6-25)27-9-10-27/h5-8,11-14,20-21,27,29H,3-4,9-10,15-19,22-24H2,1-2H3. The first kappa shape index (κ1) is 29.9. The highest BCUT2D eigenvalue weighted by molar-refractivity contribution is 5.93. The van der Waals surface area contributed by atoms with Crippen molar-refractivity contribution in [2.24, 2.45) is 0 Å². The number of nitrogens with zero attached hydrogens (tertiary/aromatic N) is 4. The van der Waals surface area contributed by atoms with Gasteiger partial charge in [0.15, 0.2) is 11.5 Å². The molecule has 1 aliphatic carbocycles. The largest absolute Gasteiger partial charge is 0.493 e. The Balaban J connectivity index is 0.954. The number of carbonyl (C=O) groups is 2. The first-order valence-corrected chi connectivity index (χ1v) is 15.7. The Morgan fingerprint density at radius 2 is 1.59 bits per heavy atom. The normalized spacial score (nSPS) is 17.2. The highest BCUT2D eigenvalue weighted by Crippen LogP contribution is 2.40. The molecule has 3 aromatic rings. The van der Waals surface area contributed by atoms with Gasteiger partial charge in [-0.1, -0.05) is 30.3 Å². The van der Waals surface area contributed by atoms with Crippen molar-refractivity contribution in [1.29, 1.82) is 0 Å². The monoisotopic (exact) mass is 598 g/mol. The van der Waals surface area contributed by atoms with Crippen molar-refractivity contribution in [3.05, 3.63) is 83.2 Å². The fraction of sp³-hybridized carbons (Fsp3) is 0.457. The zero-order valence-electron chi connectivity index (χ0n) is 25.7. The van der Waals surface area contributed by atoms with Crippen molar-refractivity contribution in [2.75, 3.05) is 60.0 Å². The molecule has 44 heavy (non-hydrogen) atoms. The smallest absolute Gasteiger partial charge is 0.272 e. The molecule has 2 aromatic carbocycles. The number of carbonyl (C=O) groups excluding carboxylic acids is 2. The summed E-state index contributed by atoms with van der Waals surface area (Å²) in [6.45, 7) is 5.51. The number of hydrogen-bond acceptors (Lipinski definition) is 7. The minimum absolute atomic E-state index is 0.114. The number of likely N-dealkylation sites (N-methyl/N-ethyl adjacent to an activating group) is 1. The second kappa shape index (κ2) is 13.7. The van der Waals surface area contributed by atoms with Gasteiger partial charge in [-0.2, -0.15) is 0 Å². The molecule has 2 aliphatic heterocycles. The van der Waals surface area contributed by atoms with E-state index in [0.717, 1.165) is 43.2 Å². The predicted octanol–water partition coefficient (Wildman–Crippen LogP) is 4.72. The van der Waals surface area contributed by atoms with Crippen LogP contribution >= 0.6 is 0 Å². The number of amides is 2. The molecule has 9 heteroatoms. The van der Waals surface area contributed by atoms with Gasteiger partial charge in [-0.15, -0.1) is 0 Å². The van der Waals surface area contributed by atoms with E-state index in [1.807, 2.05) is 17.0 Å². The molecule has 3 fully saturated rings. The summed E-state index contributed by atoms with van der Waals surface area (Å²) in [7, 11) is 3.73. The SMILES string of the molecule is COc1cc(C2CN(C(=O)c3cc(OCCCC(=O)N4CCN(C)CC4)ccn3)C2)ccc1OCc1ccc(C2CC2)cc1. The van der Waals surface area contributed by atoms with Crippen molar-refractivity contribution < 1.29 is 23.8 Å². The van der Waals surface area contributed by atoms with E-state index in [1.54, 1.807) is 30.3 Å². The summed E-state index contributed by atoms with van der Waals surface area (Å²) >= 11 is 0. The molecule has 9 nitrogen and oxygen atoms in total. The summed E-state index contributed by atoms with van der Waals surface area (Å²) in [5.41, 5.74) is 4.03. The fourth-order valence-electron chi connectivity index (χ4n) is 5.78. The fourth-order valence-corrected chi connectivity index (χ4v) is 5.78. The minimum Gasteiger partial charge on any atom is -0.493 e. The van der Waals surface area contributed by atoms with Crippen LogP contribution in [0.15, 0.2) is 60.8 Å². The van der Waals surface area contributed by atoms with Gasteiger partial charge in [-0.3, -0.25) is 14.6 Å². The first-order valence-electron chi connectivity index (χ1n) is 15.7. The minimum atomic E-state index is -0.114. The van der Waals surface area contributed by atoms with Crippen molar-refractivity contribution in [3.63, 3.8) is 0 Å². The molecule has 232 valence electrons. The molecule has 3 aliphatic rings. The quantitative estimate of drug-likeness (QED) is 0.279. The van der Waals surface area contributed by atoms with Gasteiger partial charge in [0.05, 0.1) is 13.7 Å². The van der Waals surface area contributed by atoms with Gasteiger partial charge < -0.3 is 28.9 Å². The van der Waals surface area contributed by atoms with E-state index < -0.39 is 0 Å². The zero-order valence-corrected chi connectivity index (χ0v) is 25.7. The van der Waals surface area contributed by atoms with Gasteiger partial charge in [-0.25, -0.2) is 0 Å². The number of aromatic nitrogens is 1. The Morgan fingerprint density at radius 1 is 0.841 bits per heavy atom. The van der Waals surface area contributed by atoms with Crippen LogP contribution in [0.5, 0.6) is 17.2 Å². The lowest BCUT2D eigenvalue weighted by atomic mass is 9.91. The molecule has 0 unspecified atom stereocenters. The molecule has 1 aromatic heterocycles. The third kappa shape index (κ3) is 7.33. The maximum Gasteiger partial charge on any atom is 0.272 e. The van der Waals surface area contributed by atoms with E-state index in [1.165, 1.54) is 18.4 Å². The number of benzene rings is 2. The van der Waals surface area contributed by atoms with Crippen molar-refractivity contribution in [1.82, 2.24) is 19.7 Å². The van der Waals surface area contributed by atoms with Crippen molar-refractivity contribution >= 4 is 11.8 Å². The van der Waals surface area contributed by atoms with Crippen LogP contribution in [0, 0.1) is 0 Å². The molecule has 6 rings (SSSR count). The molecule has 1 saturated carbocycles. The molecule has 2 saturated heterocycles. The third-order valence-electron chi connectivity index (χ3n) is 8.86. The Hall–Kier alpha value is -4.11. The third-order valence-corrected chi connectivity index (χ3v) is 8.86. The summed E-state index contributed by atoms with van der Waals surface area (Å²) in [5, 5.41) is 0. The molecule has 3 heterocycles.